The lowest BCUT2D eigenvalue weighted by molar-refractivity contribution is -0.142. The van der Waals surface area contributed by atoms with Crippen molar-refractivity contribution >= 4 is 30.0 Å². The molecule has 0 amide bonds. The van der Waals surface area contributed by atoms with Gasteiger partial charge in [0, 0.05) is 23.6 Å². The zero-order valence-electron chi connectivity index (χ0n) is 12.3. The van der Waals surface area contributed by atoms with Crippen LogP contribution in [0.5, 0.6) is 0 Å². The number of halogens is 2. The molecule has 0 aliphatic carbocycles. The predicted molar refractivity (Wildman–Crippen MR) is 87.9 cm³/mol. The second kappa shape index (κ2) is 7.77. The van der Waals surface area contributed by atoms with Crippen LogP contribution < -0.4 is 0 Å². The van der Waals surface area contributed by atoms with Gasteiger partial charge in [-0.3, -0.25) is 9.69 Å². The number of carboxylic acids is 1. The molecule has 2 aromatic rings. The van der Waals surface area contributed by atoms with Gasteiger partial charge in [-0.1, -0.05) is 28.9 Å². The molecule has 2 heterocycles. The maximum atomic E-state index is 11.1. The summed E-state index contributed by atoms with van der Waals surface area (Å²) in [5.41, 5.74) is 0.798. The Balaban J connectivity index is 0.00000192. The number of nitrogens with zero attached hydrogens (tertiary/aromatic N) is 3. The van der Waals surface area contributed by atoms with Crippen molar-refractivity contribution in [1.29, 1.82) is 0 Å². The fraction of sp³-hybridized carbons (Fsp3) is 0.400. The van der Waals surface area contributed by atoms with Crippen LogP contribution in [0, 0.1) is 0 Å². The van der Waals surface area contributed by atoms with Gasteiger partial charge in [0.2, 0.25) is 11.7 Å². The number of carbonyl (C=O) groups is 1. The van der Waals surface area contributed by atoms with Crippen molar-refractivity contribution in [3.8, 4) is 11.4 Å². The molecule has 1 aromatic carbocycles. The van der Waals surface area contributed by atoms with Gasteiger partial charge in [0.05, 0.1) is 0 Å². The quantitative estimate of drug-likeness (QED) is 0.885. The van der Waals surface area contributed by atoms with E-state index in [1.807, 2.05) is 17.0 Å². The van der Waals surface area contributed by atoms with Crippen LogP contribution in [-0.4, -0.2) is 45.2 Å². The zero-order valence-corrected chi connectivity index (χ0v) is 13.9. The van der Waals surface area contributed by atoms with E-state index in [0.717, 1.165) is 18.5 Å². The number of likely N-dealkylation sites (tertiary alicyclic amines) is 1. The van der Waals surface area contributed by atoms with Crippen LogP contribution in [0.1, 0.15) is 18.7 Å². The molecule has 3 rings (SSSR count). The summed E-state index contributed by atoms with van der Waals surface area (Å²) in [6, 6.07) is 6.86. The largest absolute Gasteiger partial charge is 0.480 e. The summed E-state index contributed by atoms with van der Waals surface area (Å²) in [5.74, 6) is 0.238. The van der Waals surface area contributed by atoms with E-state index in [0.29, 0.717) is 36.1 Å². The molecular weight excluding hydrogens is 341 g/mol. The summed E-state index contributed by atoms with van der Waals surface area (Å²) >= 11 is 5.95. The van der Waals surface area contributed by atoms with Crippen LogP contribution in [0.3, 0.4) is 0 Å². The number of aromatic nitrogens is 2. The van der Waals surface area contributed by atoms with Crippen molar-refractivity contribution in [2.45, 2.75) is 25.3 Å². The van der Waals surface area contributed by atoms with Gasteiger partial charge in [-0.25, -0.2) is 0 Å². The second-order valence-corrected chi connectivity index (χ2v) is 5.74. The smallest absolute Gasteiger partial charge is 0.320 e. The molecule has 1 fully saturated rings. The maximum absolute atomic E-state index is 11.1. The lowest BCUT2D eigenvalue weighted by Crippen LogP contribution is -2.37. The molecule has 1 N–H and O–H groups in total. The van der Waals surface area contributed by atoms with Crippen LogP contribution >= 0.6 is 24.0 Å². The Labute approximate surface area is 144 Å². The standard InChI is InChI=1S/C15H16ClN3O3.ClH/c16-11-4-1-3-10(9-11)14-17-13(22-18-14)6-8-19-7-2-5-12(19)15(20)21;/h1,3-4,9,12H,2,5-8H2,(H,20,21);1H. The minimum atomic E-state index is -0.761. The van der Waals surface area contributed by atoms with Crippen molar-refractivity contribution in [2.75, 3.05) is 13.1 Å². The van der Waals surface area contributed by atoms with E-state index in [1.54, 1.807) is 12.1 Å². The molecular formula is C15H17Cl2N3O3. The molecule has 1 aliphatic rings. The number of benzene rings is 1. The van der Waals surface area contributed by atoms with Crippen molar-refractivity contribution < 1.29 is 14.4 Å². The highest BCUT2D eigenvalue weighted by molar-refractivity contribution is 6.30. The van der Waals surface area contributed by atoms with Gasteiger partial charge in [-0.05, 0) is 31.5 Å². The molecule has 23 heavy (non-hydrogen) atoms. The van der Waals surface area contributed by atoms with Gasteiger partial charge < -0.3 is 9.63 Å². The van der Waals surface area contributed by atoms with E-state index in [-0.39, 0.29) is 12.4 Å². The first-order valence-electron chi connectivity index (χ1n) is 7.19. The first-order valence-corrected chi connectivity index (χ1v) is 7.56. The molecule has 1 unspecified atom stereocenters. The molecule has 1 atom stereocenters. The van der Waals surface area contributed by atoms with Gasteiger partial charge in [-0.15, -0.1) is 12.4 Å². The lowest BCUT2D eigenvalue weighted by atomic mass is 10.2. The maximum Gasteiger partial charge on any atom is 0.320 e. The molecule has 1 saturated heterocycles. The molecule has 6 nitrogen and oxygen atoms in total. The zero-order chi connectivity index (χ0) is 15.5. The minimum absolute atomic E-state index is 0. The van der Waals surface area contributed by atoms with Gasteiger partial charge in [0.1, 0.15) is 6.04 Å². The van der Waals surface area contributed by atoms with E-state index < -0.39 is 12.0 Å². The molecule has 0 saturated carbocycles. The summed E-state index contributed by atoms with van der Waals surface area (Å²) in [7, 11) is 0. The SMILES string of the molecule is Cl.O=C(O)C1CCCN1CCc1nc(-c2cccc(Cl)c2)no1. The number of rotatable bonds is 5. The van der Waals surface area contributed by atoms with Crippen LogP contribution in [-0.2, 0) is 11.2 Å². The van der Waals surface area contributed by atoms with Crippen LogP contribution in [0.2, 0.25) is 5.02 Å². The third-order valence-corrected chi connectivity index (χ3v) is 4.05. The molecule has 0 spiro atoms. The van der Waals surface area contributed by atoms with Crippen LogP contribution in [0.4, 0.5) is 0 Å². The van der Waals surface area contributed by atoms with Crippen LogP contribution in [0.15, 0.2) is 28.8 Å². The highest BCUT2D eigenvalue weighted by atomic mass is 35.5. The van der Waals surface area contributed by atoms with Gasteiger partial charge in [0.25, 0.3) is 0 Å². The molecule has 1 aromatic heterocycles. The van der Waals surface area contributed by atoms with E-state index in [4.69, 9.17) is 21.2 Å². The second-order valence-electron chi connectivity index (χ2n) is 5.30. The Morgan fingerprint density at radius 1 is 1.48 bits per heavy atom. The minimum Gasteiger partial charge on any atom is -0.480 e. The third-order valence-electron chi connectivity index (χ3n) is 3.81. The first-order chi connectivity index (χ1) is 10.6. The van der Waals surface area contributed by atoms with E-state index in [1.165, 1.54) is 0 Å². The number of hydrogen-bond acceptors (Lipinski definition) is 5. The summed E-state index contributed by atoms with van der Waals surface area (Å²) in [6.45, 7) is 1.40. The Morgan fingerprint density at radius 2 is 2.30 bits per heavy atom. The highest BCUT2D eigenvalue weighted by Gasteiger charge is 2.30. The number of aliphatic carboxylic acids is 1. The fourth-order valence-corrected chi connectivity index (χ4v) is 2.90. The van der Waals surface area contributed by atoms with Gasteiger partial charge >= 0.3 is 5.97 Å². The predicted octanol–water partition coefficient (Wildman–Crippen LogP) is 2.90. The Bertz CT molecular complexity index is 677. The van der Waals surface area contributed by atoms with Gasteiger partial charge in [-0.2, -0.15) is 4.98 Å². The van der Waals surface area contributed by atoms with Gasteiger partial charge in [0.15, 0.2) is 0 Å². The molecule has 0 bridgehead atoms. The highest BCUT2D eigenvalue weighted by Crippen LogP contribution is 2.21. The number of hydrogen-bond donors (Lipinski definition) is 1. The van der Waals surface area contributed by atoms with Crippen molar-refractivity contribution in [3.05, 3.63) is 35.2 Å². The Hall–Kier alpha value is -1.63. The summed E-state index contributed by atoms with van der Waals surface area (Å²) in [6.07, 6.45) is 2.15. The summed E-state index contributed by atoms with van der Waals surface area (Å²) in [5, 5.41) is 13.7. The third kappa shape index (κ3) is 4.22. The van der Waals surface area contributed by atoms with Crippen LogP contribution in [0.25, 0.3) is 11.4 Å². The Kier molecular flexibility index (Phi) is 5.98. The van der Waals surface area contributed by atoms with Crippen molar-refractivity contribution in [1.82, 2.24) is 15.0 Å². The molecule has 8 heteroatoms. The first kappa shape index (κ1) is 17.7. The lowest BCUT2D eigenvalue weighted by Gasteiger charge is -2.19. The fourth-order valence-electron chi connectivity index (χ4n) is 2.71. The normalized spacial score (nSPS) is 17.9. The summed E-state index contributed by atoms with van der Waals surface area (Å²) < 4.78 is 5.24. The van der Waals surface area contributed by atoms with E-state index >= 15 is 0 Å². The van der Waals surface area contributed by atoms with E-state index in [2.05, 4.69) is 10.1 Å². The molecule has 124 valence electrons. The van der Waals surface area contributed by atoms with E-state index in [9.17, 15) is 4.79 Å². The molecule has 0 radical (unpaired) electrons. The van der Waals surface area contributed by atoms with Crippen molar-refractivity contribution in [2.24, 2.45) is 0 Å². The van der Waals surface area contributed by atoms with Crippen molar-refractivity contribution in [3.63, 3.8) is 0 Å². The number of carboxylic acid groups (broad SMARTS) is 1. The summed E-state index contributed by atoms with van der Waals surface area (Å²) in [4.78, 5) is 17.4. The average molecular weight is 358 g/mol. The molecule has 1 aliphatic heterocycles. The Morgan fingerprint density at radius 3 is 3.04 bits per heavy atom. The monoisotopic (exact) mass is 357 g/mol. The average Bonchev–Trinajstić information content (AvgIpc) is 3.14. The topological polar surface area (TPSA) is 79.5 Å².